The lowest BCUT2D eigenvalue weighted by Crippen LogP contribution is -2.52. The molecule has 154 valence electrons. The Bertz CT molecular complexity index is 461. The number of nitrogens with one attached hydrogen (secondary N) is 3. The molecule has 7 N–H and O–H groups in total. The Morgan fingerprint density at radius 1 is 1.12 bits per heavy atom. The molecule has 0 fully saturated rings. The van der Waals surface area contributed by atoms with Gasteiger partial charge in [0.25, 0.3) is 0 Å². The van der Waals surface area contributed by atoms with E-state index in [2.05, 4.69) is 36.4 Å². The predicted octanol–water partition coefficient (Wildman–Crippen LogP) is 2.67. The Kier molecular flexibility index (Phi) is 13.4. The maximum absolute atomic E-state index is 12.6. The first kappa shape index (κ1) is 26.9. The number of hydrogen-bond acceptors (Lipinski definition) is 4. The number of amides is 1. The summed E-state index contributed by atoms with van der Waals surface area (Å²) in [4.78, 5) is 16.8. The average Bonchev–Trinajstić information content (AvgIpc) is 2.53. The van der Waals surface area contributed by atoms with Gasteiger partial charge in [0.15, 0.2) is 5.96 Å². The molecular weight excluding hydrogens is 352 g/mol. The van der Waals surface area contributed by atoms with Crippen LogP contribution >= 0.6 is 12.4 Å². The number of aliphatic imine (C=N–C) groups is 1. The molecule has 0 aromatic heterocycles. The summed E-state index contributed by atoms with van der Waals surface area (Å²) < 4.78 is 0. The Hall–Kier alpha value is -1.34. The van der Waals surface area contributed by atoms with E-state index in [9.17, 15) is 4.79 Å². The van der Waals surface area contributed by atoms with Gasteiger partial charge in [-0.3, -0.25) is 10.1 Å². The molecule has 0 saturated heterocycles. The minimum Gasteiger partial charge on any atom is -0.370 e. The fourth-order valence-corrected chi connectivity index (χ4v) is 2.57. The number of halogens is 1. The second-order valence-corrected chi connectivity index (χ2v) is 7.28. The fourth-order valence-electron chi connectivity index (χ4n) is 2.57. The smallest absolute Gasteiger partial charge is 0.248 e. The number of unbranched alkanes of at least 4 members (excludes halogenated alkanes) is 2. The van der Waals surface area contributed by atoms with Crippen LogP contribution in [0.1, 0.15) is 79.6 Å². The zero-order chi connectivity index (χ0) is 19.5. The first-order valence-corrected chi connectivity index (χ1v) is 9.26. The molecule has 7 nitrogen and oxygen atoms in total. The van der Waals surface area contributed by atoms with Gasteiger partial charge < -0.3 is 22.2 Å². The van der Waals surface area contributed by atoms with Crippen LogP contribution in [0.5, 0.6) is 0 Å². The van der Waals surface area contributed by atoms with Crippen molar-refractivity contribution in [2.45, 2.75) is 90.6 Å². The van der Waals surface area contributed by atoms with Crippen LogP contribution < -0.4 is 22.1 Å². The van der Waals surface area contributed by atoms with Gasteiger partial charge in [-0.05, 0) is 52.9 Å². The topological polar surface area (TPSA) is 129 Å². The molecule has 1 unspecified atom stereocenters. The molecule has 0 aliphatic rings. The molecule has 1 atom stereocenters. The van der Waals surface area contributed by atoms with Crippen molar-refractivity contribution >= 4 is 30.0 Å². The van der Waals surface area contributed by atoms with Crippen molar-refractivity contribution in [3.05, 3.63) is 0 Å². The highest BCUT2D eigenvalue weighted by Crippen LogP contribution is 2.20. The molecule has 0 saturated carbocycles. The highest BCUT2D eigenvalue weighted by atomic mass is 35.5. The lowest BCUT2D eigenvalue weighted by molar-refractivity contribution is -0.126. The van der Waals surface area contributed by atoms with Gasteiger partial charge in [0.2, 0.25) is 5.91 Å². The van der Waals surface area contributed by atoms with Gasteiger partial charge in [-0.15, -0.1) is 12.4 Å². The Labute approximate surface area is 165 Å². The van der Waals surface area contributed by atoms with Crippen molar-refractivity contribution in [1.82, 2.24) is 10.6 Å². The van der Waals surface area contributed by atoms with Crippen molar-refractivity contribution in [1.29, 1.82) is 5.41 Å². The van der Waals surface area contributed by atoms with Gasteiger partial charge in [0.1, 0.15) is 5.54 Å². The molecule has 0 aromatic rings. The Morgan fingerprint density at radius 3 is 2.15 bits per heavy atom. The summed E-state index contributed by atoms with van der Waals surface area (Å²) in [5.74, 6) is -0.251. The second kappa shape index (κ2) is 12.9. The van der Waals surface area contributed by atoms with E-state index in [-0.39, 0.29) is 29.8 Å². The third-order valence-electron chi connectivity index (χ3n) is 4.91. The number of carbonyl (C=O) groups excluding carboxylic acids is 1. The number of rotatable bonds is 13. The van der Waals surface area contributed by atoms with Crippen molar-refractivity contribution in [2.24, 2.45) is 16.5 Å². The van der Waals surface area contributed by atoms with Crippen LogP contribution in [0.3, 0.4) is 0 Å². The minimum absolute atomic E-state index is 0. The largest absolute Gasteiger partial charge is 0.370 e. The number of guanidine groups is 1. The maximum atomic E-state index is 12.6. The minimum atomic E-state index is -0.963. The van der Waals surface area contributed by atoms with Crippen molar-refractivity contribution in [2.75, 3.05) is 6.67 Å². The molecular formula is C18H39ClN6O. The lowest BCUT2D eigenvalue weighted by Gasteiger charge is -2.30. The molecule has 0 spiro atoms. The SMILES string of the molecule is CCC(C)(CC)NCNC(=O)C(C)(CCCCCC(C)=N)N=C(N)N.Cl. The summed E-state index contributed by atoms with van der Waals surface area (Å²) in [5.41, 5.74) is 10.8. The van der Waals surface area contributed by atoms with Crippen LogP contribution in [-0.4, -0.2) is 35.3 Å². The summed E-state index contributed by atoms with van der Waals surface area (Å²) in [6.45, 7) is 10.3. The zero-order valence-corrected chi connectivity index (χ0v) is 17.9. The normalized spacial score (nSPS) is 13.3. The molecule has 1 amide bonds. The highest BCUT2D eigenvalue weighted by Gasteiger charge is 2.32. The summed E-state index contributed by atoms with van der Waals surface area (Å²) in [5, 5.41) is 13.7. The van der Waals surface area contributed by atoms with Gasteiger partial charge in [0, 0.05) is 11.3 Å². The molecule has 0 aliphatic carbocycles. The third kappa shape index (κ3) is 10.6. The summed E-state index contributed by atoms with van der Waals surface area (Å²) in [7, 11) is 0. The molecule has 0 heterocycles. The van der Waals surface area contributed by atoms with Gasteiger partial charge in [-0.2, -0.15) is 0 Å². The van der Waals surface area contributed by atoms with E-state index in [4.69, 9.17) is 16.9 Å². The molecule has 26 heavy (non-hydrogen) atoms. The number of nitrogens with zero attached hydrogens (tertiary/aromatic N) is 1. The first-order chi connectivity index (χ1) is 11.6. The van der Waals surface area contributed by atoms with E-state index in [1.807, 2.05) is 6.92 Å². The van der Waals surface area contributed by atoms with E-state index < -0.39 is 5.54 Å². The molecule has 0 radical (unpaired) electrons. The standard InChI is InChI=1S/C18H38N6O.ClH/c1-6-17(4,7-2)23-13-22-15(25)18(5,24-16(20)21)12-10-8-9-11-14(3)19;/h19,23H,6-13H2,1-5H3,(H,22,25)(H4,20,21,24);1H. The third-order valence-corrected chi connectivity index (χ3v) is 4.91. The molecule has 0 rings (SSSR count). The molecule has 8 heteroatoms. The average molecular weight is 391 g/mol. The van der Waals surface area contributed by atoms with Gasteiger partial charge in [0.05, 0.1) is 6.67 Å². The van der Waals surface area contributed by atoms with E-state index in [0.717, 1.165) is 38.5 Å². The lowest BCUT2D eigenvalue weighted by atomic mass is 9.93. The van der Waals surface area contributed by atoms with Gasteiger partial charge in [-0.1, -0.05) is 26.7 Å². The number of nitrogens with two attached hydrogens (primary N) is 2. The molecule has 0 bridgehead atoms. The van der Waals surface area contributed by atoms with E-state index in [0.29, 0.717) is 18.8 Å². The summed E-state index contributed by atoms with van der Waals surface area (Å²) >= 11 is 0. The zero-order valence-electron chi connectivity index (χ0n) is 17.1. The van der Waals surface area contributed by atoms with E-state index in [1.54, 1.807) is 6.92 Å². The van der Waals surface area contributed by atoms with E-state index >= 15 is 0 Å². The first-order valence-electron chi connectivity index (χ1n) is 9.26. The van der Waals surface area contributed by atoms with Crippen LogP contribution in [0.2, 0.25) is 0 Å². The predicted molar refractivity (Wildman–Crippen MR) is 113 cm³/mol. The van der Waals surface area contributed by atoms with Crippen molar-refractivity contribution in [3.8, 4) is 0 Å². The maximum Gasteiger partial charge on any atom is 0.248 e. The monoisotopic (exact) mass is 390 g/mol. The van der Waals surface area contributed by atoms with Crippen molar-refractivity contribution in [3.63, 3.8) is 0 Å². The van der Waals surface area contributed by atoms with Crippen LogP contribution in [0, 0.1) is 5.41 Å². The van der Waals surface area contributed by atoms with Gasteiger partial charge >= 0.3 is 0 Å². The number of hydrogen-bond donors (Lipinski definition) is 5. The van der Waals surface area contributed by atoms with Crippen LogP contribution in [0.15, 0.2) is 4.99 Å². The Morgan fingerprint density at radius 2 is 1.69 bits per heavy atom. The summed E-state index contributed by atoms with van der Waals surface area (Å²) in [6.07, 6.45) is 6.06. The summed E-state index contributed by atoms with van der Waals surface area (Å²) in [6, 6.07) is 0. The number of carbonyl (C=O) groups is 1. The molecule has 0 aromatic carbocycles. The van der Waals surface area contributed by atoms with Crippen LogP contribution in [0.25, 0.3) is 0 Å². The molecule has 0 aliphatic heterocycles. The second-order valence-electron chi connectivity index (χ2n) is 7.28. The quantitative estimate of drug-likeness (QED) is 0.143. The van der Waals surface area contributed by atoms with E-state index in [1.165, 1.54) is 0 Å². The Balaban J connectivity index is 0. The fraction of sp³-hybridized carbons (Fsp3) is 0.833. The van der Waals surface area contributed by atoms with Crippen LogP contribution in [0.4, 0.5) is 0 Å². The van der Waals surface area contributed by atoms with Crippen LogP contribution in [-0.2, 0) is 4.79 Å². The highest BCUT2D eigenvalue weighted by molar-refractivity contribution is 5.89. The van der Waals surface area contributed by atoms with Gasteiger partial charge in [-0.25, -0.2) is 4.99 Å². The van der Waals surface area contributed by atoms with Crippen molar-refractivity contribution < 1.29 is 4.79 Å².